The third kappa shape index (κ3) is 5.14. The summed E-state index contributed by atoms with van der Waals surface area (Å²) >= 11 is 0. The minimum Gasteiger partial charge on any atom is -0.468 e. The fraction of sp³-hybridized carbons (Fsp3) is 0.360. The van der Waals surface area contributed by atoms with Gasteiger partial charge in [-0.25, -0.2) is 0 Å². The van der Waals surface area contributed by atoms with Crippen molar-refractivity contribution in [2.24, 2.45) is 11.8 Å². The van der Waals surface area contributed by atoms with Gasteiger partial charge < -0.3 is 13.9 Å². The molecule has 2 aromatic rings. The summed E-state index contributed by atoms with van der Waals surface area (Å²) in [7, 11) is -0.313. The van der Waals surface area contributed by atoms with Crippen LogP contribution in [0.15, 0.2) is 73.3 Å². The molecule has 0 radical (unpaired) electrons. The van der Waals surface area contributed by atoms with Crippen molar-refractivity contribution in [3.8, 4) is 0 Å². The maximum atomic E-state index is 12.4. The first-order valence-electron chi connectivity index (χ1n) is 10.3. The number of ether oxygens (including phenoxy) is 2. The molecular formula is C25H32O5Si. The Morgan fingerprint density at radius 3 is 1.65 bits per heavy atom. The lowest BCUT2D eigenvalue weighted by molar-refractivity contribution is -0.161. The highest BCUT2D eigenvalue weighted by atomic mass is 28.4. The lowest BCUT2D eigenvalue weighted by Crippen LogP contribution is -2.67. The third-order valence-electron chi connectivity index (χ3n) is 5.55. The molecular weight excluding hydrogens is 408 g/mol. The van der Waals surface area contributed by atoms with Crippen LogP contribution >= 0.6 is 0 Å². The van der Waals surface area contributed by atoms with E-state index in [0.29, 0.717) is 0 Å². The number of methoxy groups -OCH3 is 2. The summed E-state index contributed by atoms with van der Waals surface area (Å²) in [5.41, 5.74) is 0. The topological polar surface area (TPSA) is 61.8 Å². The van der Waals surface area contributed by atoms with Crippen LogP contribution in [-0.4, -0.2) is 41.1 Å². The smallest absolute Gasteiger partial charge is 0.320 e. The van der Waals surface area contributed by atoms with Crippen LogP contribution in [0.4, 0.5) is 0 Å². The molecule has 0 spiro atoms. The molecule has 0 unspecified atom stereocenters. The molecule has 0 heterocycles. The normalized spacial score (nSPS) is 12.8. The average molecular weight is 441 g/mol. The predicted molar refractivity (Wildman–Crippen MR) is 125 cm³/mol. The van der Waals surface area contributed by atoms with E-state index in [1.165, 1.54) is 14.2 Å². The Morgan fingerprint density at radius 1 is 0.903 bits per heavy atom. The summed E-state index contributed by atoms with van der Waals surface area (Å²) in [6.07, 6.45) is 1.57. The van der Waals surface area contributed by atoms with E-state index < -0.39 is 32.1 Å². The number of hydrogen-bond donors (Lipinski definition) is 0. The van der Waals surface area contributed by atoms with Crippen molar-refractivity contribution >= 4 is 30.6 Å². The molecule has 0 amide bonds. The second kappa shape index (κ2) is 10.6. The van der Waals surface area contributed by atoms with Crippen LogP contribution in [0, 0.1) is 11.8 Å². The quantitative estimate of drug-likeness (QED) is 0.259. The first-order valence-corrected chi connectivity index (χ1v) is 12.2. The summed E-state index contributed by atoms with van der Waals surface area (Å²) < 4.78 is 16.6. The first-order chi connectivity index (χ1) is 14.7. The molecule has 0 saturated heterocycles. The zero-order valence-electron chi connectivity index (χ0n) is 19.0. The van der Waals surface area contributed by atoms with E-state index in [4.69, 9.17) is 13.9 Å². The molecule has 0 saturated carbocycles. The van der Waals surface area contributed by atoms with Gasteiger partial charge in [0.25, 0.3) is 8.32 Å². The standard InChI is InChI=1S/C25H32O5Si/c1-7-19(22(23(26)28-5)24(27)29-6)18-30-31(25(2,3)4,20-14-10-8-11-15-20)21-16-12-9-13-17-21/h7-17,19,22H,1,18H2,2-6H3/t19-/m0/s1. The molecule has 0 N–H and O–H groups in total. The van der Waals surface area contributed by atoms with Gasteiger partial charge in [0.2, 0.25) is 0 Å². The fourth-order valence-electron chi connectivity index (χ4n) is 3.98. The van der Waals surface area contributed by atoms with Crippen molar-refractivity contribution < 1.29 is 23.5 Å². The number of esters is 2. The molecule has 0 aliphatic heterocycles. The molecule has 2 rings (SSSR count). The molecule has 0 fully saturated rings. The lowest BCUT2D eigenvalue weighted by atomic mass is 9.93. The Balaban J connectivity index is 2.57. The van der Waals surface area contributed by atoms with Gasteiger partial charge in [-0.05, 0) is 15.4 Å². The lowest BCUT2D eigenvalue weighted by Gasteiger charge is -2.43. The average Bonchev–Trinajstić information content (AvgIpc) is 2.78. The van der Waals surface area contributed by atoms with Crippen molar-refractivity contribution in [3.05, 3.63) is 73.3 Å². The molecule has 5 nitrogen and oxygen atoms in total. The molecule has 31 heavy (non-hydrogen) atoms. The van der Waals surface area contributed by atoms with Gasteiger partial charge in [-0.1, -0.05) is 87.5 Å². The van der Waals surface area contributed by atoms with Gasteiger partial charge in [-0.3, -0.25) is 9.59 Å². The third-order valence-corrected chi connectivity index (χ3v) is 10.6. The SMILES string of the molecule is C=C[C@@H](CO[Si](c1ccccc1)(c1ccccc1)C(C)(C)C)C(C(=O)OC)C(=O)OC. The van der Waals surface area contributed by atoms with E-state index in [-0.39, 0.29) is 11.6 Å². The molecule has 1 atom stereocenters. The van der Waals surface area contributed by atoms with Crippen LogP contribution in [-0.2, 0) is 23.5 Å². The minimum absolute atomic E-state index is 0.131. The molecule has 2 aromatic carbocycles. The molecule has 0 aromatic heterocycles. The first kappa shape index (κ1) is 24.6. The summed E-state index contributed by atoms with van der Waals surface area (Å²) in [6.45, 7) is 10.5. The highest BCUT2D eigenvalue weighted by molar-refractivity contribution is 6.99. The van der Waals surface area contributed by atoms with E-state index in [9.17, 15) is 9.59 Å². The Hall–Kier alpha value is -2.70. The molecule has 0 bridgehead atoms. The molecule has 0 aliphatic rings. The predicted octanol–water partition coefficient (Wildman–Crippen LogP) is 3.33. The molecule has 0 aliphatic carbocycles. The van der Waals surface area contributed by atoms with Crippen LogP contribution in [0.2, 0.25) is 5.04 Å². The zero-order valence-corrected chi connectivity index (χ0v) is 20.0. The monoisotopic (exact) mass is 440 g/mol. The van der Waals surface area contributed by atoms with Gasteiger partial charge in [0.05, 0.1) is 14.2 Å². The van der Waals surface area contributed by atoms with Gasteiger partial charge in [0.15, 0.2) is 5.92 Å². The number of carbonyl (C=O) groups excluding carboxylic acids is 2. The fourth-order valence-corrected chi connectivity index (χ4v) is 8.58. The van der Waals surface area contributed by atoms with Gasteiger partial charge in [0.1, 0.15) is 0 Å². The molecule has 166 valence electrons. The highest BCUT2D eigenvalue weighted by Crippen LogP contribution is 2.37. The van der Waals surface area contributed by atoms with Crippen molar-refractivity contribution in [1.29, 1.82) is 0 Å². The van der Waals surface area contributed by atoms with Gasteiger partial charge >= 0.3 is 11.9 Å². The van der Waals surface area contributed by atoms with Crippen LogP contribution in [0.25, 0.3) is 0 Å². The van der Waals surface area contributed by atoms with Crippen molar-refractivity contribution in [3.63, 3.8) is 0 Å². The largest absolute Gasteiger partial charge is 0.468 e. The van der Waals surface area contributed by atoms with Crippen molar-refractivity contribution in [2.45, 2.75) is 25.8 Å². The summed E-state index contributed by atoms with van der Waals surface area (Å²) in [4.78, 5) is 24.7. The van der Waals surface area contributed by atoms with Crippen LogP contribution < -0.4 is 10.4 Å². The van der Waals surface area contributed by atoms with Crippen molar-refractivity contribution in [1.82, 2.24) is 0 Å². The second-order valence-electron chi connectivity index (χ2n) is 8.40. The maximum absolute atomic E-state index is 12.4. The summed E-state index contributed by atoms with van der Waals surface area (Å²) in [5.74, 6) is -3.06. The number of benzene rings is 2. The van der Waals surface area contributed by atoms with E-state index in [1.807, 2.05) is 36.4 Å². The highest BCUT2D eigenvalue weighted by Gasteiger charge is 2.51. The summed E-state index contributed by atoms with van der Waals surface area (Å²) in [6, 6.07) is 20.3. The summed E-state index contributed by atoms with van der Waals surface area (Å²) in [5, 5.41) is 2.00. The van der Waals surface area contributed by atoms with Gasteiger partial charge in [0, 0.05) is 12.5 Å². The van der Waals surface area contributed by atoms with Crippen LogP contribution in [0.5, 0.6) is 0 Å². The molecule has 6 heteroatoms. The van der Waals surface area contributed by atoms with E-state index >= 15 is 0 Å². The zero-order chi connectivity index (χ0) is 23.1. The Bertz CT molecular complexity index is 818. The van der Waals surface area contributed by atoms with Crippen molar-refractivity contribution in [2.75, 3.05) is 20.8 Å². The van der Waals surface area contributed by atoms with Crippen LogP contribution in [0.3, 0.4) is 0 Å². The second-order valence-corrected chi connectivity index (χ2v) is 12.7. The maximum Gasteiger partial charge on any atom is 0.320 e. The van der Waals surface area contributed by atoms with E-state index in [0.717, 1.165) is 10.4 Å². The number of hydrogen-bond acceptors (Lipinski definition) is 5. The number of carbonyl (C=O) groups is 2. The van der Waals surface area contributed by atoms with E-state index in [1.54, 1.807) is 6.08 Å². The van der Waals surface area contributed by atoms with Gasteiger partial charge in [-0.2, -0.15) is 0 Å². The van der Waals surface area contributed by atoms with Crippen LogP contribution in [0.1, 0.15) is 20.8 Å². The number of rotatable bonds is 9. The Kier molecular flexibility index (Phi) is 8.36. The van der Waals surface area contributed by atoms with E-state index in [2.05, 4.69) is 51.6 Å². The van der Waals surface area contributed by atoms with Gasteiger partial charge in [-0.15, -0.1) is 6.58 Å². The Labute approximate surface area is 186 Å². The Morgan fingerprint density at radius 2 is 1.32 bits per heavy atom. The minimum atomic E-state index is -2.82.